The van der Waals surface area contributed by atoms with Crippen LogP contribution in [0, 0.1) is 10.1 Å². The lowest BCUT2D eigenvalue weighted by molar-refractivity contribution is -0.384. The highest BCUT2D eigenvalue weighted by atomic mass is 79.9. The highest BCUT2D eigenvalue weighted by Gasteiger charge is 2.11. The first kappa shape index (κ1) is 17.0. The lowest BCUT2D eigenvalue weighted by Crippen LogP contribution is -1.91. The third kappa shape index (κ3) is 3.48. The number of nitro benzene ring substituents is 1. The summed E-state index contributed by atoms with van der Waals surface area (Å²) in [5, 5.41) is 10.8. The standard InChI is InChI=1S/C17H13BrN2O5/c1-23-15-7-10(12(18)9-16(15)24-2)3-6-17-19-13-8-11(20(21)22)4-5-14(13)25-17/h3-9H,1-2H3/b6-3+. The minimum absolute atomic E-state index is 0.0287. The number of aromatic nitrogens is 1. The number of non-ortho nitro benzene ring substituents is 1. The van der Waals surface area contributed by atoms with Crippen LogP contribution in [0.15, 0.2) is 39.2 Å². The van der Waals surface area contributed by atoms with Gasteiger partial charge in [-0.1, -0.05) is 15.9 Å². The van der Waals surface area contributed by atoms with E-state index in [9.17, 15) is 10.1 Å². The van der Waals surface area contributed by atoms with Gasteiger partial charge in [-0.3, -0.25) is 10.1 Å². The molecule has 0 unspecified atom stereocenters. The van der Waals surface area contributed by atoms with Crippen LogP contribution < -0.4 is 9.47 Å². The predicted molar refractivity (Wildman–Crippen MR) is 96.8 cm³/mol. The molecular formula is C17H13BrN2O5. The molecule has 3 rings (SSSR count). The number of hydrogen-bond donors (Lipinski definition) is 0. The summed E-state index contributed by atoms with van der Waals surface area (Å²) in [6.07, 6.45) is 3.48. The topological polar surface area (TPSA) is 87.6 Å². The molecule has 2 aromatic carbocycles. The maximum atomic E-state index is 10.8. The predicted octanol–water partition coefficient (Wildman–Crippen LogP) is 4.69. The summed E-state index contributed by atoms with van der Waals surface area (Å²) >= 11 is 3.47. The second-order valence-corrected chi connectivity index (χ2v) is 5.88. The number of oxazole rings is 1. The van der Waals surface area contributed by atoms with Crippen molar-refractivity contribution in [2.45, 2.75) is 0 Å². The Morgan fingerprint density at radius 3 is 2.56 bits per heavy atom. The van der Waals surface area contributed by atoms with Gasteiger partial charge in [-0.05, 0) is 29.8 Å². The summed E-state index contributed by atoms with van der Waals surface area (Å²) in [6, 6.07) is 7.90. The number of ether oxygens (including phenoxy) is 2. The van der Waals surface area contributed by atoms with Crippen LogP contribution in [-0.4, -0.2) is 24.1 Å². The fourth-order valence-electron chi connectivity index (χ4n) is 2.28. The molecule has 0 bridgehead atoms. The van der Waals surface area contributed by atoms with Crippen molar-refractivity contribution < 1.29 is 18.8 Å². The summed E-state index contributed by atoms with van der Waals surface area (Å²) in [5.74, 6) is 1.55. The van der Waals surface area contributed by atoms with Crippen LogP contribution in [0.5, 0.6) is 11.5 Å². The molecule has 0 N–H and O–H groups in total. The van der Waals surface area contributed by atoms with E-state index in [1.165, 1.54) is 18.2 Å². The van der Waals surface area contributed by atoms with Gasteiger partial charge in [0.05, 0.1) is 19.1 Å². The van der Waals surface area contributed by atoms with E-state index in [0.29, 0.717) is 28.5 Å². The van der Waals surface area contributed by atoms with E-state index < -0.39 is 4.92 Å². The number of benzene rings is 2. The van der Waals surface area contributed by atoms with Crippen LogP contribution in [0.4, 0.5) is 5.69 Å². The molecule has 1 heterocycles. The van der Waals surface area contributed by atoms with Crippen LogP contribution in [0.25, 0.3) is 23.3 Å². The molecule has 7 nitrogen and oxygen atoms in total. The van der Waals surface area contributed by atoms with Gasteiger partial charge in [0.25, 0.3) is 5.69 Å². The van der Waals surface area contributed by atoms with Crippen molar-refractivity contribution in [1.82, 2.24) is 4.98 Å². The van der Waals surface area contributed by atoms with Crippen LogP contribution in [0.1, 0.15) is 11.5 Å². The molecule has 0 aliphatic heterocycles. The third-order valence-electron chi connectivity index (χ3n) is 3.51. The van der Waals surface area contributed by atoms with Crippen LogP contribution in [0.2, 0.25) is 0 Å². The van der Waals surface area contributed by atoms with E-state index in [1.807, 2.05) is 6.07 Å². The first-order valence-corrected chi connectivity index (χ1v) is 7.95. The van der Waals surface area contributed by atoms with E-state index >= 15 is 0 Å². The lowest BCUT2D eigenvalue weighted by Gasteiger charge is -2.09. The molecule has 0 atom stereocenters. The number of fused-ring (bicyclic) bond motifs is 1. The average Bonchev–Trinajstić information content (AvgIpc) is 3.02. The summed E-state index contributed by atoms with van der Waals surface area (Å²) in [4.78, 5) is 14.6. The number of nitrogens with zero attached hydrogens (tertiary/aromatic N) is 2. The fourth-order valence-corrected chi connectivity index (χ4v) is 2.73. The molecule has 0 aliphatic carbocycles. The summed E-state index contributed by atoms with van der Waals surface area (Å²) in [6.45, 7) is 0. The van der Waals surface area contributed by atoms with Crippen molar-refractivity contribution in [2.24, 2.45) is 0 Å². The normalized spacial score (nSPS) is 11.2. The van der Waals surface area contributed by atoms with E-state index in [-0.39, 0.29) is 5.69 Å². The second-order valence-electron chi connectivity index (χ2n) is 5.02. The second kappa shape index (κ2) is 6.94. The SMILES string of the molecule is COc1cc(Br)c(/C=C/c2nc3cc([N+](=O)[O-])ccc3o2)cc1OC. The van der Waals surface area contributed by atoms with E-state index in [0.717, 1.165) is 10.0 Å². The molecule has 0 saturated carbocycles. The van der Waals surface area contributed by atoms with Crippen molar-refractivity contribution in [1.29, 1.82) is 0 Å². The zero-order valence-electron chi connectivity index (χ0n) is 13.4. The Morgan fingerprint density at radius 1 is 1.16 bits per heavy atom. The van der Waals surface area contributed by atoms with Gasteiger partial charge in [0.2, 0.25) is 5.89 Å². The molecule has 0 radical (unpaired) electrons. The van der Waals surface area contributed by atoms with Gasteiger partial charge in [0.1, 0.15) is 5.52 Å². The Kier molecular flexibility index (Phi) is 4.71. The lowest BCUT2D eigenvalue weighted by atomic mass is 10.2. The Balaban J connectivity index is 1.94. The zero-order chi connectivity index (χ0) is 18.0. The largest absolute Gasteiger partial charge is 0.493 e. The maximum absolute atomic E-state index is 10.8. The van der Waals surface area contributed by atoms with Crippen LogP contribution in [-0.2, 0) is 0 Å². The summed E-state index contributed by atoms with van der Waals surface area (Å²) in [7, 11) is 3.13. The number of halogens is 1. The fraction of sp³-hybridized carbons (Fsp3) is 0.118. The quantitative estimate of drug-likeness (QED) is 0.452. The molecule has 1 aromatic heterocycles. The smallest absolute Gasteiger partial charge is 0.271 e. The van der Waals surface area contributed by atoms with Crippen molar-refractivity contribution in [2.75, 3.05) is 14.2 Å². The van der Waals surface area contributed by atoms with E-state index in [2.05, 4.69) is 20.9 Å². The number of hydrogen-bond acceptors (Lipinski definition) is 6. The first-order valence-electron chi connectivity index (χ1n) is 7.16. The Morgan fingerprint density at radius 2 is 1.88 bits per heavy atom. The number of nitro groups is 1. The molecule has 0 fully saturated rings. The minimum atomic E-state index is -0.468. The molecular weight excluding hydrogens is 392 g/mol. The minimum Gasteiger partial charge on any atom is -0.493 e. The Labute approximate surface area is 151 Å². The number of rotatable bonds is 5. The molecule has 0 aliphatic rings. The monoisotopic (exact) mass is 404 g/mol. The van der Waals surface area contributed by atoms with E-state index in [1.54, 1.807) is 32.4 Å². The molecule has 0 spiro atoms. The van der Waals surface area contributed by atoms with E-state index in [4.69, 9.17) is 13.9 Å². The molecule has 3 aromatic rings. The van der Waals surface area contributed by atoms with Gasteiger partial charge >= 0.3 is 0 Å². The first-order chi connectivity index (χ1) is 12.0. The molecule has 0 amide bonds. The van der Waals surface area contributed by atoms with Gasteiger partial charge in [-0.15, -0.1) is 0 Å². The molecule has 0 saturated heterocycles. The van der Waals surface area contributed by atoms with Gasteiger partial charge in [-0.25, -0.2) is 4.98 Å². The van der Waals surface area contributed by atoms with Gasteiger partial charge in [0.15, 0.2) is 17.1 Å². The number of methoxy groups -OCH3 is 2. The Hall–Kier alpha value is -2.87. The van der Waals surface area contributed by atoms with Crippen molar-refractivity contribution >= 4 is 44.9 Å². The molecule has 8 heteroatoms. The zero-order valence-corrected chi connectivity index (χ0v) is 14.9. The van der Waals surface area contributed by atoms with Crippen LogP contribution >= 0.6 is 15.9 Å². The van der Waals surface area contributed by atoms with Gasteiger partial charge < -0.3 is 13.9 Å². The third-order valence-corrected chi connectivity index (χ3v) is 4.19. The molecule has 128 valence electrons. The van der Waals surface area contributed by atoms with Gasteiger partial charge in [0, 0.05) is 22.7 Å². The molecule has 25 heavy (non-hydrogen) atoms. The Bertz CT molecular complexity index is 981. The average molecular weight is 405 g/mol. The maximum Gasteiger partial charge on any atom is 0.271 e. The van der Waals surface area contributed by atoms with Gasteiger partial charge in [-0.2, -0.15) is 0 Å². The summed E-state index contributed by atoms with van der Waals surface area (Å²) < 4.78 is 16.9. The highest BCUT2D eigenvalue weighted by Crippen LogP contribution is 2.34. The van der Waals surface area contributed by atoms with Crippen LogP contribution in [0.3, 0.4) is 0 Å². The van der Waals surface area contributed by atoms with Crippen molar-refractivity contribution in [3.05, 3.63) is 56.4 Å². The summed E-state index contributed by atoms with van der Waals surface area (Å²) in [5.41, 5.74) is 1.72. The van der Waals surface area contributed by atoms with Crippen molar-refractivity contribution in [3.63, 3.8) is 0 Å². The van der Waals surface area contributed by atoms with Crippen molar-refractivity contribution in [3.8, 4) is 11.5 Å². The highest BCUT2D eigenvalue weighted by molar-refractivity contribution is 9.10.